The van der Waals surface area contributed by atoms with Crippen LogP contribution in [-0.4, -0.2) is 59.2 Å². The summed E-state index contributed by atoms with van der Waals surface area (Å²) in [7, 11) is 4.08. The number of nitrogens with zero attached hydrogens (tertiary/aromatic N) is 1. The maximum atomic E-state index is 10.4. The van der Waals surface area contributed by atoms with Crippen LogP contribution in [0.3, 0.4) is 0 Å². The summed E-state index contributed by atoms with van der Waals surface area (Å²) >= 11 is 0. The van der Waals surface area contributed by atoms with Crippen molar-refractivity contribution in [3.8, 4) is 11.1 Å². The molecule has 0 aliphatic carbocycles. The van der Waals surface area contributed by atoms with E-state index in [-0.39, 0.29) is 13.0 Å². The Kier molecular flexibility index (Phi) is 6.06. The third kappa shape index (κ3) is 4.14. The Bertz CT molecular complexity index is 733. The number of ether oxygens (including phenoxy) is 1. The molecule has 1 saturated heterocycles. The summed E-state index contributed by atoms with van der Waals surface area (Å²) in [6.07, 6.45) is -2.70. The molecule has 0 amide bonds. The lowest BCUT2D eigenvalue weighted by molar-refractivity contribution is -0.181. The molecule has 140 valence electrons. The van der Waals surface area contributed by atoms with Crippen LogP contribution >= 0.6 is 0 Å². The van der Waals surface area contributed by atoms with E-state index in [9.17, 15) is 15.3 Å². The Morgan fingerprint density at radius 3 is 2.54 bits per heavy atom. The Balaban J connectivity index is 1.92. The maximum absolute atomic E-state index is 10.4. The maximum Gasteiger partial charge on any atom is 0.109 e. The highest BCUT2D eigenvalue weighted by atomic mass is 16.5. The van der Waals surface area contributed by atoms with Crippen molar-refractivity contribution >= 4 is 0 Å². The zero-order valence-corrected chi connectivity index (χ0v) is 15.2. The normalized spacial score (nSPS) is 26.2. The third-order valence-corrected chi connectivity index (χ3v) is 4.79. The molecule has 0 spiro atoms. The molecule has 5 nitrogen and oxygen atoms in total. The molecule has 5 heteroatoms. The van der Waals surface area contributed by atoms with Crippen molar-refractivity contribution in [3.05, 3.63) is 59.7 Å². The molecule has 1 heterocycles. The van der Waals surface area contributed by atoms with Gasteiger partial charge >= 0.3 is 0 Å². The van der Waals surface area contributed by atoms with E-state index < -0.39 is 24.4 Å². The molecule has 1 fully saturated rings. The second-order valence-electron chi connectivity index (χ2n) is 7.17. The van der Waals surface area contributed by atoms with Crippen molar-refractivity contribution in [2.45, 2.75) is 37.4 Å². The molecule has 2 aromatic rings. The molecule has 4 atom stereocenters. The minimum atomic E-state index is -0.852. The summed E-state index contributed by atoms with van der Waals surface area (Å²) < 4.78 is 5.77. The van der Waals surface area contributed by atoms with Gasteiger partial charge < -0.3 is 25.0 Å². The van der Waals surface area contributed by atoms with E-state index in [0.717, 1.165) is 23.2 Å². The van der Waals surface area contributed by atoms with Crippen LogP contribution in [0, 0.1) is 0 Å². The molecule has 0 unspecified atom stereocenters. The van der Waals surface area contributed by atoms with Gasteiger partial charge in [-0.05, 0) is 42.4 Å². The summed E-state index contributed by atoms with van der Waals surface area (Å²) in [4.78, 5) is 2.13. The molecule has 0 radical (unpaired) electrons. The lowest BCUT2D eigenvalue weighted by atomic mass is 9.91. The first-order valence-corrected chi connectivity index (χ1v) is 8.95. The highest BCUT2D eigenvalue weighted by molar-refractivity contribution is 5.68. The molecule has 3 rings (SSSR count). The Morgan fingerprint density at radius 2 is 1.81 bits per heavy atom. The zero-order chi connectivity index (χ0) is 18.7. The van der Waals surface area contributed by atoms with E-state index >= 15 is 0 Å². The standard InChI is InChI=1S/C21H27NO4/c1-22(2)12-16-6-3-4-9-17(16)14-7-5-8-15(10-14)21-19(25)11-18(24)20(13-23)26-21/h3-10,18-21,23-25H,11-13H2,1-2H3/t18-,19-,20+,21+/m0/s1. The van der Waals surface area contributed by atoms with Crippen LogP contribution in [-0.2, 0) is 11.3 Å². The van der Waals surface area contributed by atoms with Crippen molar-refractivity contribution in [2.75, 3.05) is 20.7 Å². The quantitative estimate of drug-likeness (QED) is 0.763. The lowest BCUT2D eigenvalue weighted by Crippen LogP contribution is -2.44. The van der Waals surface area contributed by atoms with Gasteiger partial charge in [-0.2, -0.15) is 0 Å². The van der Waals surface area contributed by atoms with Crippen LogP contribution in [0.25, 0.3) is 11.1 Å². The summed E-state index contributed by atoms with van der Waals surface area (Å²) in [5.41, 5.74) is 4.28. The van der Waals surface area contributed by atoms with Gasteiger partial charge in [0, 0.05) is 13.0 Å². The second-order valence-corrected chi connectivity index (χ2v) is 7.17. The lowest BCUT2D eigenvalue weighted by Gasteiger charge is -2.36. The summed E-state index contributed by atoms with van der Waals surface area (Å²) in [6, 6.07) is 16.2. The van der Waals surface area contributed by atoms with Gasteiger partial charge in [-0.15, -0.1) is 0 Å². The first-order chi connectivity index (χ1) is 12.5. The van der Waals surface area contributed by atoms with Crippen molar-refractivity contribution in [1.29, 1.82) is 0 Å². The Hall–Kier alpha value is -1.76. The van der Waals surface area contributed by atoms with Gasteiger partial charge in [-0.3, -0.25) is 0 Å². The highest BCUT2D eigenvalue weighted by Gasteiger charge is 2.36. The second kappa shape index (κ2) is 8.29. The predicted molar refractivity (Wildman–Crippen MR) is 101 cm³/mol. The van der Waals surface area contributed by atoms with E-state index in [4.69, 9.17) is 4.74 Å². The summed E-state index contributed by atoms with van der Waals surface area (Å²) in [5.74, 6) is 0. The summed E-state index contributed by atoms with van der Waals surface area (Å²) in [6.45, 7) is 0.567. The van der Waals surface area contributed by atoms with Crippen LogP contribution in [0.15, 0.2) is 48.5 Å². The average molecular weight is 357 g/mol. The van der Waals surface area contributed by atoms with Crippen LogP contribution in [0.5, 0.6) is 0 Å². The van der Waals surface area contributed by atoms with Crippen LogP contribution < -0.4 is 0 Å². The Morgan fingerprint density at radius 1 is 1.04 bits per heavy atom. The van der Waals surface area contributed by atoms with Crippen LogP contribution in [0.4, 0.5) is 0 Å². The SMILES string of the molecule is CN(C)Cc1ccccc1-c1cccc([C@H]2O[C@H](CO)[C@@H](O)C[C@@H]2O)c1. The van der Waals surface area contributed by atoms with E-state index in [1.54, 1.807) is 0 Å². The van der Waals surface area contributed by atoms with Crippen LogP contribution in [0.1, 0.15) is 23.7 Å². The van der Waals surface area contributed by atoms with Gasteiger partial charge in [0.05, 0.1) is 18.8 Å². The molecular weight excluding hydrogens is 330 g/mol. The van der Waals surface area contributed by atoms with Gasteiger partial charge in [0.25, 0.3) is 0 Å². The monoisotopic (exact) mass is 357 g/mol. The highest BCUT2D eigenvalue weighted by Crippen LogP contribution is 2.34. The topological polar surface area (TPSA) is 73.2 Å². The smallest absolute Gasteiger partial charge is 0.109 e. The van der Waals surface area contributed by atoms with Crippen molar-refractivity contribution in [1.82, 2.24) is 4.90 Å². The zero-order valence-electron chi connectivity index (χ0n) is 15.2. The molecule has 0 saturated carbocycles. The van der Waals surface area contributed by atoms with Gasteiger partial charge in [0.2, 0.25) is 0 Å². The fraction of sp³-hybridized carbons (Fsp3) is 0.429. The van der Waals surface area contributed by atoms with Gasteiger partial charge in [0.1, 0.15) is 12.2 Å². The average Bonchev–Trinajstić information content (AvgIpc) is 2.62. The van der Waals surface area contributed by atoms with Crippen LogP contribution in [0.2, 0.25) is 0 Å². The Labute approximate surface area is 154 Å². The van der Waals surface area contributed by atoms with Gasteiger partial charge in [-0.25, -0.2) is 0 Å². The van der Waals surface area contributed by atoms with Crippen molar-refractivity contribution < 1.29 is 20.1 Å². The molecule has 0 aromatic heterocycles. The van der Waals surface area contributed by atoms with E-state index in [0.29, 0.717) is 0 Å². The molecular formula is C21H27NO4. The number of benzene rings is 2. The minimum absolute atomic E-state index is 0.192. The van der Waals surface area contributed by atoms with Gasteiger partial charge in [-0.1, -0.05) is 42.5 Å². The number of hydrogen-bond donors (Lipinski definition) is 3. The molecule has 1 aliphatic rings. The number of aliphatic hydroxyl groups is 3. The van der Waals surface area contributed by atoms with E-state index in [1.165, 1.54) is 5.56 Å². The van der Waals surface area contributed by atoms with Crippen molar-refractivity contribution in [3.63, 3.8) is 0 Å². The van der Waals surface area contributed by atoms with E-state index in [2.05, 4.69) is 17.0 Å². The fourth-order valence-corrected chi connectivity index (χ4v) is 3.52. The van der Waals surface area contributed by atoms with Gasteiger partial charge in [0.15, 0.2) is 0 Å². The third-order valence-electron chi connectivity index (χ3n) is 4.79. The first-order valence-electron chi connectivity index (χ1n) is 8.95. The molecule has 0 bridgehead atoms. The predicted octanol–water partition coefficient (Wildman–Crippen LogP) is 1.96. The molecule has 2 aromatic carbocycles. The van der Waals surface area contributed by atoms with Crippen molar-refractivity contribution in [2.24, 2.45) is 0 Å². The largest absolute Gasteiger partial charge is 0.394 e. The van der Waals surface area contributed by atoms with E-state index in [1.807, 2.05) is 50.5 Å². The minimum Gasteiger partial charge on any atom is -0.394 e. The molecule has 3 N–H and O–H groups in total. The number of hydrogen-bond acceptors (Lipinski definition) is 5. The number of rotatable bonds is 5. The summed E-state index contributed by atoms with van der Waals surface area (Å²) in [5, 5.41) is 29.7. The first kappa shape index (κ1) is 19.0. The molecule has 26 heavy (non-hydrogen) atoms. The number of aliphatic hydroxyl groups excluding tert-OH is 3. The fourth-order valence-electron chi connectivity index (χ4n) is 3.52. The molecule has 1 aliphatic heterocycles.